The van der Waals surface area contributed by atoms with E-state index < -0.39 is 33.1 Å². The summed E-state index contributed by atoms with van der Waals surface area (Å²) in [6.07, 6.45) is 3.42. The molecule has 184 valence electrons. The van der Waals surface area contributed by atoms with Gasteiger partial charge >= 0.3 is 6.09 Å². The standard InChI is InChI=1S/C23H24FN5O5S/c1-11-16(9-28-22-21(11)26-3-4-33-22)15-5-12-6-18(27-10-17(12)20(25)19(15)24)29-23(30)34-13-7-14(8-13)35(2,31)32/h5-6,9-10,13-14,26H,3-4,7-8,25H2,1-2H3,(H,27,29,30). The molecule has 0 spiro atoms. The van der Waals surface area contributed by atoms with Crippen LogP contribution < -0.4 is 21.1 Å². The summed E-state index contributed by atoms with van der Waals surface area (Å²) in [6, 6.07) is 3.19. The lowest BCUT2D eigenvalue weighted by Crippen LogP contribution is -2.42. The Hall–Kier alpha value is -3.67. The number of carbonyl (C=O) groups is 1. The molecule has 4 N–H and O–H groups in total. The molecule has 1 aliphatic heterocycles. The molecule has 35 heavy (non-hydrogen) atoms. The molecule has 3 aromatic rings. The number of sulfone groups is 1. The van der Waals surface area contributed by atoms with Crippen molar-refractivity contribution in [3.8, 4) is 17.0 Å². The number of rotatable bonds is 4. The van der Waals surface area contributed by atoms with Gasteiger partial charge in [-0.2, -0.15) is 0 Å². The minimum Gasteiger partial charge on any atom is -0.474 e. The van der Waals surface area contributed by atoms with Crippen LogP contribution in [0.25, 0.3) is 21.9 Å². The van der Waals surface area contributed by atoms with Gasteiger partial charge in [-0.25, -0.2) is 27.6 Å². The number of hydrogen-bond donors (Lipinski definition) is 3. The predicted molar refractivity (Wildman–Crippen MR) is 130 cm³/mol. The van der Waals surface area contributed by atoms with E-state index in [4.69, 9.17) is 15.2 Å². The molecule has 0 unspecified atom stereocenters. The number of anilines is 3. The molecule has 1 fully saturated rings. The second-order valence-electron chi connectivity index (χ2n) is 8.77. The second kappa shape index (κ2) is 8.52. The number of benzene rings is 1. The zero-order valence-electron chi connectivity index (χ0n) is 19.1. The summed E-state index contributed by atoms with van der Waals surface area (Å²) in [4.78, 5) is 20.7. The highest BCUT2D eigenvalue weighted by molar-refractivity contribution is 7.91. The molecule has 0 atom stereocenters. The van der Waals surface area contributed by atoms with Crippen molar-refractivity contribution in [1.82, 2.24) is 9.97 Å². The van der Waals surface area contributed by atoms with Crippen LogP contribution in [0.5, 0.6) is 5.88 Å². The van der Waals surface area contributed by atoms with E-state index in [9.17, 15) is 13.2 Å². The van der Waals surface area contributed by atoms with Gasteiger partial charge in [-0.15, -0.1) is 0 Å². The monoisotopic (exact) mass is 501 g/mol. The lowest BCUT2D eigenvalue weighted by molar-refractivity contribution is 0.0644. The topological polar surface area (TPSA) is 146 Å². The van der Waals surface area contributed by atoms with Gasteiger partial charge in [0.15, 0.2) is 15.7 Å². The van der Waals surface area contributed by atoms with E-state index in [0.29, 0.717) is 41.1 Å². The van der Waals surface area contributed by atoms with Crippen LogP contribution in [0.15, 0.2) is 24.5 Å². The third kappa shape index (κ3) is 4.29. The lowest BCUT2D eigenvalue weighted by Gasteiger charge is -2.32. The Kier molecular flexibility index (Phi) is 5.62. The normalized spacial score (nSPS) is 19.2. The molecule has 0 radical (unpaired) electrons. The summed E-state index contributed by atoms with van der Waals surface area (Å²) in [5.74, 6) is 0.0652. The number of aromatic nitrogens is 2. The fraction of sp³-hybridized carbons (Fsp3) is 0.348. The van der Waals surface area contributed by atoms with Gasteiger partial charge in [0.05, 0.1) is 10.9 Å². The molecule has 1 amide bonds. The fourth-order valence-electron chi connectivity index (χ4n) is 4.30. The maximum Gasteiger partial charge on any atom is 0.413 e. The van der Waals surface area contributed by atoms with Crippen molar-refractivity contribution in [3.63, 3.8) is 0 Å². The third-order valence-electron chi connectivity index (χ3n) is 6.40. The van der Waals surface area contributed by atoms with Crippen LogP contribution in [0, 0.1) is 12.7 Å². The molecule has 1 aromatic carbocycles. The summed E-state index contributed by atoms with van der Waals surface area (Å²) < 4.78 is 49.1. The van der Waals surface area contributed by atoms with Gasteiger partial charge in [0, 0.05) is 54.5 Å². The Balaban J connectivity index is 1.41. The van der Waals surface area contributed by atoms with E-state index in [-0.39, 0.29) is 29.9 Å². The van der Waals surface area contributed by atoms with Gasteiger partial charge in [0.25, 0.3) is 0 Å². The van der Waals surface area contributed by atoms with Gasteiger partial charge in [-0.1, -0.05) is 0 Å². The number of nitrogen functional groups attached to an aromatic ring is 1. The number of nitrogens with two attached hydrogens (primary N) is 1. The molecule has 3 heterocycles. The minimum absolute atomic E-state index is 0.0678. The summed E-state index contributed by atoms with van der Waals surface area (Å²) in [5, 5.41) is 6.24. The first-order chi connectivity index (χ1) is 16.6. The van der Waals surface area contributed by atoms with E-state index in [0.717, 1.165) is 5.56 Å². The Morgan fingerprint density at radius 3 is 2.77 bits per heavy atom. The van der Waals surface area contributed by atoms with Gasteiger partial charge in [0.2, 0.25) is 5.88 Å². The van der Waals surface area contributed by atoms with Crippen LogP contribution in [0.3, 0.4) is 0 Å². The third-order valence-corrected chi connectivity index (χ3v) is 7.99. The summed E-state index contributed by atoms with van der Waals surface area (Å²) in [6.45, 7) is 2.97. The molecule has 12 heteroatoms. The van der Waals surface area contributed by atoms with E-state index in [1.807, 2.05) is 6.92 Å². The first-order valence-electron chi connectivity index (χ1n) is 11.0. The Morgan fingerprint density at radius 1 is 1.26 bits per heavy atom. The average Bonchev–Trinajstić information content (AvgIpc) is 2.78. The largest absolute Gasteiger partial charge is 0.474 e. The van der Waals surface area contributed by atoms with Crippen LogP contribution in [-0.2, 0) is 14.6 Å². The molecule has 2 aromatic heterocycles. The summed E-state index contributed by atoms with van der Waals surface area (Å²) in [7, 11) is -3.14. The van der Waals surface area contributed by atoms with E-state index in [1.54, 1.807) is 18.3 Å². The van der Waals surface area contributed by atoms with Crippen molar-refractivity contribution in [2.45, 2.75) is 31.1 Å². The smallest absolute Gasteiger partial charge is 0.413 e. The Labute approximate surface area is 201 Å². The first-order valence-corrected chi connectivity index (χ1v) is 13.0. The van der Waals surface area contributed by atoms with Gasteiger partial charge in [0.1, 0.15) is 24.2 Å². The minimum atomic E-state index is -3.14. The SMILES string of the molecule is Cc1c(-c2cc3cc(NC(=O)OC4CC(S(C)(=O)=O)C4)ncc3c(N)c2F)cnc2c1NCCO2. The number of carbonyl (C=O) groups excluding carboxylic acids is 1. The van der Waals surface area contributed by atoms with Crippen LogP contribution in [0.1, 0.15) is 18.4 Å². The number of fused-ring (bicyclic) bond motifs is 2. The number of amides is 1. The zero-order chi connectivity index (χ0) is 24.9. The van der Waals surface area contributed by atoms with E-state index >= 15 is 4.39 Å². The highest BCUT2D eigenvalue weighted by atomic mass is 32.2. The van der Waals surface area contributed by atoms with Crippen molar-refractivity contribution in [2.75, 3.05) is 35.8 Å². The molecule has 5 rings (SSSR count). The van der Waals surface area contributed by atoms with Crippen molar-refractivity contribution in [2.24, 2.45) is 0 Å². The molecule has 10 nitrogen and oxygen atoms in total. The predicted octanol–water partition coefficient (Wildman–Crippen LogP) is 3.25. The van der Waals surface area contributed by atoms with Crippen molar-refractivity contribution in [3.05, 3.63) is 35.9 Å². The molecule has 1 saturated carbocycles. The van der Waals surface area contributed by atoms with Crippen molar-refractivity contribution >= 4 is 43.9 Å². The Morgan fingerprint density at radius 2 is 2.03 bits per heavy atom. The number of nitrogens with zero attached hydrogens (tertiary/aromatic N) is 2. The summed E-state index contributed by atoms with van der Waals surface area (Å²) >= 11 is 0. The average molecular weight is 502 g/mol. The quantitative estimate of drug-likeness (QED) is 0.459. The van der Waals surface area contributed by atoms with Crippen LogP contribution >= 0.6 is 0 Å². The lowest BCUT2D eigenvalue weighted by atomic mass is 9.95. The number of halogens is 1. The Bertz CT molecular complexity index is 1460. The summed E-state index contributed by atoms with van der Waals surface area (Å²) in [5.41, 5.74) is 8.33. The molecule has 0 bridgehead atoms. The molecule has 2 aliphatic rings. The second-order valence-corrected chi connectivity index (χ2v) is 11.1. The number of hydrogen-bond acceptors (Lipinski definition) is 9. The molecular formula is C23H24FN5O5S. The molecule has 0 saturated heterocycles. The van der Waals surface area contributed by atoms with Crippen molar-refractivity contribution in [1.29, 1.82) is 0 Å². The van der Waals surface area contributed by atoms with Crippen LogP contribution in [-0.4, -0.2) is 55.2 Å². The maximum absolute atomic E-state index is 15.3. The van der Waals surface area contributed by atoms with Gasteiger partial charge < -0.3 is 20.5 Å². The van der Waals surface area contributed by atoms with Crippen LogP contribution in [0.4, 0.5) is 26.4 Å². The first kappa shape index (κ1) is 23.1. The van der Waals surface area contributed by atoms with E-state index in [1.165, 1.54) is 12.5 Å². The number of pyridine rings is 2. The van der Waals surface area contributed by atoms with Gasteiger partial charge in [-0.3, -0.25) is 5.32 Å². The van der Waals surface area contributed by atoms with E-state index in [2.05, 4.69) is 20.6 Å². The van der Waals surface area contributed by atoms with Gasteiger partial charge in [-0.05, 0) is 30.0 Å². The highest BCUT2D eigenvalue weighted by Gasteiger charge is 2.38. The highest BCUT2D eigenvalue weighted by Crippen LogP contribution is 2.39. The van der Waals surface area contributed by atoms with Crippen molar-refractivity contribution < 1.29 is 27.1 Å². The zero-order valence-corrected chi connectivity index (χ0v) is 19.9. The molecular weight excluding hydrogens is 477 g/mol. The number of ether oxygens (including phenoxy) is 2. The fourth-order valence-corrected chi connectivity index (χ4v) is 5.43. The number of nitrogens with one attached hydrogen (secondary N) is 2. The van der Waals surface area contributed by atoms with Crippen LogP contribution in [0.2, 0.25) is 0 Å². The maximum atomic E-state index is 15.3. The molecule has 1 aliphatic carbocycles.